The Hall–Kier alpha value is -2.40. The Labute approximate surface area is 179 Å². The first-order valence-electron chi connectivity index (χ1n) is 10.5. The lowest BCUT2D eigenvalue weighted by Gasteiger charge is -2.28. The molecule has 0 amide bonds. The Morgan fingerprint density at radius 1 is 0.967 bits per heavy atom. The van der Waals surface area contributed by atoms with E-state index < -0.39 is 6.10 Å². The molecule has 4 nitrogen and oxygen atoms in total. The fourth-order valence-corrected chi connectivity index (χ4v) is 3.72. The molecule has 0 aliphatic carbocycles. The molecule has 4 heteroatoms. The molecule has 0 aromatic heterocycles. The number of hydrogen-bond acceptors (Lipinski definition) is 4. The van der Waals surface area contributed by atoms with Crippen LogP contribution < -0.4 is 10.1 Å². The van der Waals surface area contributed by atoms with E-state index in [4.69, 9.17) is 9.47 Å². The van der Waals surface area contributed by atoms with Gasteiger partial charge < -0.3 is 19.9 Å². The van der Waals surface area contributed by atoms with Crippen LogP contribution in [-0.2, 0) is 11.2 Å². The summed E-state index contributed by atoms with van der Waals surface area (Å²) < 4.78 is 11.3. The third-order valence-electron chi connectivity index (χ3n) is 5.39. The number of aliphatic hydroxyl groups is 1. The zero-order valence-corrected chi connectivity index (χ0v) is 18.4. The first kappa shape index (κ1) is 22.3. The highest BCUT2D eigenvalue weighted by atomic mass is 16.5. The Balaban J connectivity index is 1.49. The number of hydrogen-bond donors (Lipinski definition) is 2. The molecule has 3 aromatic carbocycles. The van der Waals surface area contributed by atoms with Crippen LogP contribution in [0.2, 0.25) is 0 Å². The van der Waals surface area contributed by atoms with Gasteiger partial charge in [0.25, 0.3) is 0 Å². The summed E-state index contributed by atoms with van der Waals surface area (Å²) in [5.74, 6) is 0.800. The number of nitrogens with one attached hydrogen (secondary N) is 1. The molecular weight excluding hydrogens is 374 g/mol. The number of aliphatic hydroxyl groups excluding tert-OH is 1. The lowest BCUT2D eigenvalue weighted by molar-refractivity contribution is -0.00494. The van der Waals surface area contributed by atoms with E-state index in [1.54, 1.807) is 7.11 Å². The van der Waals surface area contributed by atoms with Gasteiger partial charge in [0.15, 0.2) is 0 Å². The molecule has 3 aromatic rings. The predicted molar refractivity (Wildman–Crippen MR) is 123 cm³/mol. The van der Waals surface area contributed by atoms with Crippen LogP contribution in [0.1, 0.15) is 38.0 Å². The summed E-state index contributed by atoms with van der Waals surface area (Å²) in [4.78, 5) is 0. The lowest BCUT2D eigenvalue weighted by Crippen LogP contribution is -2.46. The zero-order valence-electron chi connectivity index (χ0n) is 18.4. The van der Waals surface area contributed by atoms with Gasteiger partial charge in [0.05, 0.1) is 25.9 Å². The molecule has 30 heavy (non-hydrogen) atoms. The number of β-amino-alcohol motifs (C(OH)–C–C–N with tert-alkyl or cyclic N) is 1. The van der Waals surface area contributed by atoms with Crippen molar-refractivity contribution in [3.05, 3.63) is 77.9 Å². The van der Waals surface area contributed by atoms with E-state index in [0.29, 0.717) is 6.54 Å². The number of fused-ring (bicyclic) bond motifs is 1. The number of benzene rings is 3. The van der Waals surface area contributed by atoms with Gasteiger partial charge in [-0.15, -0.1) is 0 Å². The average molecular weight is 408 g/mol. The highest BCUT2D eigenvalue weighted by molar-refractivity contribution is 5.83. The van der Waals surface area contributed by atoms with E-state index in [1.807, 2.05) is 31.2 Å². The van der Waals surface area contributed by atoms with Gasteiger partial charge in [-0.25, -0.2) is 0 Å². The quantitative estimate of drug-likeness (QED) is 0.502. The van der Waals surface area contributed by atoms with Gasteiger partial charge in [0.2, 0.25) is 0 Å². The van der Waals surface area contributed by atoms with Crippen molar-refractivity contribution in [1.82, 2.24) is 5.32 Å². The van der Waals surface area contributed by atoms with Gasteiger partial charge in [0, 0.05) is 17.6 Å². The van der Waals surface area contributed by atoms with Crippen LogP contribution >= 0.6 is 0 Å². The van der Waals surface area contributed by atoms with Crippen molar-refractivity contribution in [2.45, 2.75) is 44.9 Å². The lowest BCUT2D eigenvalue weighted by atomic mass is 9.93. The van der Waals surface area contributed by atoms with Crippen molar-refractivity contribution in [3.63, 3.8) is 0 Å². The van der Waals surface area contributed by atoms with Gasteiger partial charge in [-0.1, -0.05) is 60.7 Å². The van der Waals surface area contributed by atoms with E-state index in [2.05, 4.69) is 61.6 Å². The van der Waals surface area contributed by atoms with Crippen LogP contribution in [0.25, 0.3) is 10.8 Å². The minimum atomic E-state index is -0.585. The Kier molecular flexibility index (Phi) is 7.48. The van der Waals surface area contributed by atoms with Crippen LogP contribution in [0.5, 0.6) is 5.75 Å². The van der Waals surface area contributed by atoms with Crippen LogP contribution in [0.3, 0.4) is 0 Å². The molecule has 2 atom stereocenters. The highest BCUT2D eigenvalue weighted by Gasteiger charge is 2.20. The van der Waals surface area contributed by atoms with Crippen molar-refractivity contribution in [3.8, 4) is 5.75 Å². The topological polar surface area (TPSA) is 50.7 Å². The van der Waals surface area contributed by atoms with Gasteiger partial charge in [-0.3, -0.25) is 0 Å². The largest absolute Gasteiger partial charge is 0.496 e. The summed E-state index contributed by atoms with van der Waals surface area (Å²) in [5.41, 5.74) is 2.12. The second-order valence-corrected chi connectivity index (χ2v) is 8.49. The highest BCUT2D eigenvalue weighted by Crippen LogP contribution is 2.27. The molecule has 0 aliphatic rings. The van der Waals surface area contributed by atoms with E-state index in [0.717, 1.165) is 17.7 Å². The first-order valence-corrected chi connectivity index (χ1v) is 10.5. The predicted octanol–water partition coefficient (Wildman–Crippen LogP) is 4.90. The summed E-state index contributed by atoms with van der Waals surface area (Å²) in [6, 6.07) is 22.8. The molecule has 2 unspecified atom stereocenters. The molecule has 3 rings (SSSR count). The van der Waals surface area contributed by atoms with Gasteiger partial charge in [-0.2, -0.15) is 0 Å². The maximum Gasteiger partial charge on any atom is 0.124 e. The second kappa shape index (κ2) is 10.1. The Bertz CT molecular complexity index is 954. The van der Waals surface area contributed by atoms with Gasteiger partial charge in [-0.05, 0) is 49.6 Å². The molecule has 0 bridgehead atoms. The summed E-state index contributed by atoms with van der Waals surface area (Å²) in [7, 11) is 1.65. The fraction of sp³-hybridized carbons (Fsp3) is 0.385. The van der Waals surface area contributed by atoms with E-state index >= 15 is 0 Å². The maximum atomic E-state index is 10.4. The fourth-order valence-electron chi connectivity index (χ4n) is 3.72. The van der Waals surface area contributed by atoms with E-state index in [9.17, 15) is 5.11 Å². The standard InChI is InChI=1S/C26H33NO3/c1-19(24-11-7-8-12-25(24)29-4)30-18-23(28)17-27-26(2,3)16-20-13-14-21-9-5-6-10-22(21)15-20/h5-15,19,23,27-28H,16-18H2,1-4H3. The third-order valence-corrected chi connectivity index (χ3v) is 5.39. The molecule has 0 heterocycles. The summed E-state index contributed by atoms with van der Waals surface area (Å²) >= 11 is 0. The van der Waals surface area contributed by atoms with Crippen molar-refractivity contribution in [2.75, 3.05) is 20.3 Å². The van der Waals surface area contributed by atoms with Crippen molar-refractivity contribution in [1.29, 1.82) is 0 Å². The van der Waals surface area contributed by atoms with Crippen molar-refractivity contribution < 1.29 is 14.6 Å². The van der Waals surface area contributed by atoms with Crippen molar-refractivity contribution >= 4 is 10.8 Å². The van der Waals surface area contributed by atoms with Crippen LogP contribution in [0.4, 0.5) is 0 Å². The average Bonchev–Trinajstić information content (AvgIpc) is 2.75. The van der Waals surface area contributed by atoms with Gasteiger partial charge in [0.1, 0.15) is 5.75 Å². The molecule has 0 aliphatic heterocycles. The normalized spacial score (nSPS) is 13.9. The molecule has 0 radical (unpaired) electrons. The zero-order chi connectivity index (χ0) is 21.6. The molecule has 0 saturated heterocycles. The monoisotopic (exact) mass is 407 g/mol. The number of rotatable bonds is 10. The first-order chi connectivity index (χ1) is 14.4. The number of para-hydroxylation sites is 1. The molecule has 0 spiro atoms. The molecule has 0 saturated carbocycles. The summed E-state index contributed by atoms with van der Waals surface area (Å²) in [6.45, 7) is 7.03. The third kappa shape index (κ3) is 6.05. The molecular formula is C26H33NO3. The van der Waals surface area contributed by atoms with Crippen LogP contribution in [0.15, 0.2) is 66.7 Å². The number of methoxy groups -OCH3 is 1. The maximum absolute atomic E-state index is 10.4. The Morgan fingerprint density at radius 2 is 1.67 bits per heavy atom. The molecule has 0 fully saturated rings. The van der Waals surface area contributed by atoms with Crippen molar-refractivity contribution in [2.24, 2.45) is 0 Å². The summed E-state index contributed by atoms with van der Waals surface area (Å²) in [6.07, 6.45) is 0.141. The van der Waals surface area contributed by atoms with E-state index in [-0.39, 0.29) is 18.2 Å². The minimum Gasteiger partial charge on any atom is -0.496 e. The molecule has 2 N–H and O–H groups in total. The van der Waals surface area contributed by atoms with Gasteiger partial charge >= 0.3 is 0 Å². The number of ether oxygens (including phenoxy) is 2. The smallest absolute Gasteiger partial charge is 0.124 e. The SMILES string of the molecule is COc1ccccc1C(C)OCC(O)CNC(C)(C)Cc1ccc2ccccc2c1. The Morgan fingerprint density at radius 3 is 2.43 bits per heavy atom. The second-order valence-electron chi connectivity index (χ2n) is 8.49. The summed E-state index contributed by atoms with van der Waals surface area (Å²) in [5, 5.41) is 16.4. The van der Waals surface area contributed by atoms with Crippen LogP contribution in [-0.4, -0.2) is 37.0 Å². The minimum absolute atomic E-state index is 0.141. The van der Waals surface area contributed by atoms with E-state index in [1.165, 1.54) is 16.3 Å². The molecule has 160 valence electrons. The van der Waals surface area contributed by atoms with Crippen LogP contribution in [0, 0.1) is 0 Å².